The molecule has 45 heavy (non-hydrogen) atoms. The molecule has 0 aromatic heterocycles. The zero-order valence-corrected chi connectivity index (χ0v) is 25.9. The second-order valence-electron chi connectivity index (χ2n) is 13.8. The van der Waals surface area contributed by atoms with Gasteiger partial charge in [-0.2, -0.15) is 0 Å². The molecule has 7 rings (SSSR count). The third-order valence-corrected chi connectivity index (χ3v) is 9.06. The van der Waals surface area contributed by atoms with E-state index < -0.39 is 11.8 Å². The number of carbonyl (C=O) groups excluding carboxylic acids is 2. The number of anilines is 1. The van der Waals surface area contributed by atoms with Crippen molar-refractivity contribution in [2.24, 2.45) is 0 Å². The van der Waals surface area contributed by atoms with Crippen LogP contribution in [0.4, 0.5) is 22.7 Å². The van der Waals surface area contributed by atoms with Gasteiger partial charge in [-0.05, 0) is 77.9 Å². The molecule has 0 N–H and O–H groups in total. The van der Waals surface area contributed by atoms with E-state index in [-0.39, 0.29) is 33.3 Å². The first-order chi connectivity index (χ1) is 21.3. The van der Waals surface area contributed by atoms with E-state index in [1.54, 1.807) is 18.2 Å². The van der Waals surface area contributed by atoms with Crippen molar-refractivity contribution in [3.05, 3.63) is 117 Å². The van der Waals surface area contributed by atoms with E-state index in [1.807, 2.05) is 63.2 Å². The lowest BCUT2D eigenvalue weighted by Crippen LogP contribution is -2.42. The molecule has 0 saturated heterocycles. The van der Waals surface area contributed by atoms with Crippen molar-refractivity contribution in [2.75, 3.05) is 4.90 Å². The van der Waals surface area contributed by atoms with Crippen LogP contribution in [0.15, 0.2) is 60.7 Å². The van der Waals surface area contributed by atoms with E-state index in [0.717, 1.165) is 32.7 Å². The number of hydrogen-bond donors (Lipinski definition) is 0. The van der Waals surface area contributed by atoms with Crippen molar-refractivity contribution in [3.8, 4) is 0 Å². The molecule has 0 fully saturated rings. The van der Waals surface area contributed by atoms with Crippen LogP contribution in [-0.4, -0.2) is 11.8 Å². The second kappa shape index (κ2) is 9.12. The van der Waals surface area contributed by atoms with E-state index in [4.69, 9.17) is 19.7 Å². The molecule has 0 spiro atoms. The number of imide groups is 1. The highest BCUT2D eigenvalue weighted by Gasteiger charge is 2.39. The predicted octanol–water partition coefficient (Wildman–Crippen LogP) is 10.8. The maximum Gasteiger partial charge on any atom is 0.264 e. The van der Waals surface area contributed by atoms with Crippen molar-refractivity contribution in [1.29, 1.82) is 0 Å². The Bertz CT molecular complexity index is 2380. The molecule has 6 aromatic rings. The van der Waals surface area contributed by atoms with Gasteiger partial charge in [0.1, 0.15) is 0 Å². The molecule has 0 atom stereocenters. The smallest absolute Gasteiger partial charge is 0.264 e. The van der Waals surface area contributed by atoms with Crippen LogP contribution in [0, 0.1) is 19.7 Å². The van der Waals surface area contributed by atoms with E-state index in [2.05, 4.69) is 35.3 Å². The number of nitrogens with zero attached hydrogens (tertiary/aromatic N) is 4. The highest BCUT2D eigenvalue weighted by molar-refractivity contribution is 6.45. The van der Waals surface area contributed by atoms with Crippen LogP contribution < -0.4 is 4.90 Å². The lowest BCUT2D eigenvalue weighted by molar-refractivity contribution is 0.0893. The van der Waals surface area contributed by atoms with E-state index in [0.29, 0.717) is 32.9 Å². The van der Waals surface area contributed by atoms with Gasteiger partial charge < -0.3 is 0 Å². The van der Waals surface area contributed by atoms with Crippen molar-refractivity contribution in [2.45, 2.75) is 52.4 Å². The molecule has 0 radical (unpaired) electrons. The Morgan fingerprint density at radius 3 is 1.64 bits per heavy atom. The Balaban J connectivity index is 1.66. The summed E-state index contributed by atoms with van der Waals surface area (Å²) in [5.41, 5.74) is 3.26. The monoisotopic (exact) mass is 584 g/mol. The van der Waals surface area contributed by atoms with E-state index >= 15 is 0 Å². The SMILES string of the molecule is [C-]#[N+]c1ccc2c3c([N+]#[C-])cc4c5c(cc([N+]#[C-])c(c6cccc1c62)c53)C(=O)N(c1cc(C(C)(C)C)ccc1C(C)(C)C)C4=O. The maximum atomic E-state index is 14.6. The van der Waals surface area contributed by atoms with Crippen molar-refractivity contribution in [3.63, 3.8) is 0 Å². The summed E-state index contributed by atoms with van der Waals surface area (Å²) in [4.78, 5) is 42.0. The molecule has 6 nitrogen and oxygen atoms in total. The summed E-state index contributed by atoms with van der Waals surface area (Å²) in [6, 6.07) is 18.4. The molecule has 6 aromatic carbocycles. The largest absolute Gasteiger partial charge is 0.268 e. The van der Waals surface area contributed by atoms with Gasteiger partial charge in [-0.15, -0.1) is 0 Å². The molecular weight excluding hydrogens is 556 g/mol. The van der Waals surface area contributed by atoms with Crippen molar-refractivity contribution >= 4 is 77.7 Å². The summed E-state index contributed by atoms with van der Waals surface area (Å²) in [6.07, 6.45) is 0. The average Bonchev–Trinajstić information content (AvgIpc) is 3.00. The van der Waals surface area contributed by atoms with Crippen LogP contribution >= 0.6 is 0 Å². The predicted molar refractivity (Wildman–Crippen MR) is 181 cm³/mol. The molecule has 1 aliphatic heterocycles. The summed E-state index contributed by atoms with van der Waals surface area (Å²) in [5, 5.41) is 5.24. The number of benzene rings is 6. The van der Waals surface area contributed by atoms with E-state index in [1.165, 1.54) is 4.90 Å². The van der Waals surface area contributed by atoms with Gasteiger partial charge in [-0.1, -0.05) is 84.0 Å². The van der Waals surface area contributed by atoms with Crippen LogP contribution in [0.1, 0.15) is 73.4 Å². The van der Waals surface area contributed by atoms with Crippen LogP contribution in [-0.2, 0) is 10.8 Å². The molecule has 216 valence electrons. The third kappa shape index (κ3) is 3.71. The molecule has 0 bridgehead atoms. The zero-order chi connectivity index (χ0) is 32.2. The summed E-state index contributed by atoms with van der Waals surface area (Å²) < 4.78 is 0. The zero-order valence-electron chi connectivity index (χ0n) is 25.9. The highest BCUT2D eigenvalue weighted by atomic mass is 16.2. The number of carbonyl (C=O) groups is 2. The Morgan fingerprint density at radius 1 is 0.556 bits per heavy atom. The molecule has 1 heterocycles. The summed E-state index contributed by atoms with van der Waals surface area (Å²) >= 11 is 0. The van der Waals surface area contributed by atoms with Gasteiger partial charge in [-0.3, -0.25) is 9.59 Å². The standard InChI is InChI=1S/C39H28N4O2/c1-38(2,3)20-13-15-26(39(4,5)6)30(17-20)43-36(44)24-18-28(41-8)33-22-12-10-11-21-27(40-7)16-14-23(31(21)22)34-29(42-9)19-25(37(43)45)32(24)35(33)34/h10-19H,1-6H3. The fourth-order valence-electron chi connectivity index (χ4n) is 6.94. The normalized spacial score (nSPS) is 13.5. The lowest BCUT2D eigenvalue weighted by atomic mass is 9.79. The summed E-state index contributed by atoms with van der Waals surface area (Å²) in [6.45, 7) is 36.6. The van der Waals surface area contributed by atoms with Gasteiger partial charge in [0.2, 0.25) is 0 Å². The average molecular weight is 585 g/mol. The summed E-state index contributed by atoms with van der Waals surface area (Å²) in [5.74, 6) is -0.983. The van der Waals surface area contributed by atoms with Gasteiger partial charge in [-0.25, -0.2) is 19.4 Å². The van der Waals surface area contributed by atoms with Crippen LogP contribution in [0.5, 0.6) is 0 Å². The fourth-order valence-corrected chi connectivity index (χ4v) is 6.94. The minimum atomic E-state index is -0.491. The van der Waals surface area contributed by atoms with Gasteiger partial charge in [0.05, 0.1) is 25.4 Å². The molecular formula is C39H28N4O2. The van der Waals surface area contributed by atoms with Crippen LogP contribution in [0.3, 0.4) is 0 Å². The molecule has 6 heteroatoms. The topological polar surface area (TPSA) is 50.5 Å². The summed E-state index contributed by atoms with van der Waals surface area (Å²) in [7, 11) is 0. The van der Waals surface area contributed by atoms with Crippen molar-refractivity contribution < 1.29 is 9.59 Å². The minimum absolute atomic E-state index is 0.234. The highest BCUT2D eigenvalue weighted by Crippen LogP contribution is 2.52. The second-order valence-corrected chi connectivity index (χ2v) is 13.8. The Hall–Kier alpha value is -5.77. The quantitative estimate of drug-likeness (QED) is 0.0835. The van der Waals surface area contributed by atoms with Gasteiger partial charge in [0, 0.05) is 16.5 Å². The first kappa shape index (κ1) is 28.0. The minimum Gasteiger partial charge on any atom is -0.268 e. The molecule has 0 saturated carbocycles. The lowest BCUT2D eigenvalue weighted by Gasteiger charge is -2.34. The van der Waals surface area contributed by atoms with Crippen LogP contribution in [0.25, 0.3) is 57.6 Å². The Kier molecular flexibility index (Phi) is 5.68. The molecule has 1 aliphatic rings. The number of amides is 2. The van der Waals surface area contributed by atoms with Crippen molar-refractivity contribution in [1.82, 2.24) is 0 Å². The Morgan fingerprint density at radius 2 is 1.11 bits per heavy atom. The fraction of sp³-hybridized carbons (Fsp3) is 0.205. The molecule has 2 amide bonds. The molecule has 0 unspecified atom stereocenters. The first-order valence-corrected chi connectivity index (χ1v) is 14.7. The first-order valence-electron chi connectivity index (χ1n) is 14.7. The Labute approximate surface area is 261 Å². The molecule has 0 aliphatic carbocycles. The number of rotatable bonds is 1. The van der Waals surface area contributed by atoms with Gasteiger partial charge in [0.25, 0.3) is 11.8 Å². The maximum absolute atomic E-state index is 14.6. The number of fused-ring (bicyclic) bond motifs is 2. The van der Waals surface area contributed by atoms with E-state index in [9.17, 15) is 9.59 Å². The van der Waals surface area contributed by atoms with Gasteiger partial charge >= 0.3 is 0 Å². The number of hydrogen-bond acceptors (Lipinski definition) is 2. The van der Waals surface area contributed by atoms with Gasteiger partial charge in [0.15, 0.2) is 17.1 Å². The third-order valence-electron chi connectivity index (χ3n) is 9.06. The van der Waals surface area contributed by atoms with Crippen LogP contribution in [0.2, 0.25) is 0 Å².